The van der Waals surface area contributed by atoms with Crippen molar-refractivity contribution in [1.29, 1.82) is 5.26 Å². The van der Waals surface area contributed by atoms with Crippen molar-refractivity contribution >= 4 is 28.3 Å². The van der Waals surface area contributed by atoms with Gasteiger partial charge in [0.1, 0.15) is 4.32 Å². The van der Waals surface area contributed by atoms with E-state index in [2.05, 4.69) is 24.8 Å². The summed E-state index contributed by atoms with van der Waals surface area (Å²) in [6.07, 6.45) is 2.83. The molecule has 0 saturated heterocycles. The number of thiocarbonyl (C=S) groups is 1. The van der Waals surface area contributed by atoms with Crippen LogP contribution in [0.4, 0.5) is 0 Å². The smallest absolute Gasteiger partial charge is 0.136 e. The van der Waals surface area contributed by atoms with Crippen LogP contribution in [-0.2, 0) is 0 Å². The maximum atomic E-state index is 8.40. The third-order valence-electron chi connectivity index (χ3n) is 1.68. The van der Waals surface area contributed by atoms with Gasteiger partial charge in [-0.15, -0.1) is 0 Å². The van der Waals surface area contributed by atoms with Gasteiger partial charge >= 0.3 is 0 Å². The molecule has 0 aromatic rings. The molecule has 0 spiro atoms. The van der Waals surface area contributed by atoms with E-state index in [1.165, 1.54) is 0 Å². The molecule has 0 saturated carbocycles. The summed E-state index contributed by atoms with van der Waals surface area (Å²) >= 11 is 6.92. The van der Waals surface area contributed by atoms with E-state index < -0.39 is 0 Å². The Hall–Kier alpha value is -0.270. The lowest BCUT2D eigenvalue weighted by molar-refractivity contribution is 0.430. The molecule has 0 unspecified atom stereocenters. The van der Waals surface area contributed by atoms with Gasteiger partial charge in [0, 0.05) is 25.3 Å². The van der Waals surface area contributed by atoms with Crippen molar-refractivity contribution in [2.24, 2.45) is 0 Å². The molecule has 0 aliphatic carbocycles. The third-order valence-corrected chi connectivity index (χ3v) is 3.21. The Morgan fingerprint density at radius 1 is 1.36 bits per heavy atom. The summed E-state index contributed by atoms with van der Waals surface area (Å²) in [5, 5.41) is 8.40. The van der Waals surface area contributed by atoms with Gasteiger partial charge in [-0.1, -0.05) is 37.8 Å². The summed E-state index contributed by atoms with van der Waals surface area (Å²) in [4.78, 5) is 2.23. The van der Waals surface area contributed by atoms with Gasteiger partial charge < -0.3 is 4.90 Å². The zero-order valence-corrected chi connectivity index (χ0v) is 10.6. The Morgan fingerprint density at radius 2 is 1.93 bits per heavy atom. The molecule has 0 N–H and O–H groups in total. The second-order valence-electron chi connectivity index (χ2n) is 3.01. The van der Waals surface area contributed by atoms with Crippen molar-refractivity contribution in [1.82, 2.24) is 4.90 Å². The van der Waals surface area contributed by atoms with E-state index in [1.807, 2.05) is 0 Å². The van der Waals surface area contributed by atoms with E-state index in [4.69, 9.17) is 17.5 Å². The van der Waals surface area contributed by atoms with E-state index in [1.54, 1.807) is 11.8 Å². The fraction of sp³-hybridized carbons (Fsp3) is 0.800. The molecule has 0 fully saturated rings. The second-order valence-corrected chi connectivity index (χ2v) is 4.74. The summed E-state index contributed by atoms with van der Waals surface area (Å²) in [5.41, 5.74) is 0. The number of thioether (sulfide) groups is 1. The standard InChI is InChI=1S/C10H18N2S2/c1-3-7-12(8-4-2)10(13)14-9-5-6-11/h3-5,7-9H2,1-2H3. The average molecular weight is 230 g/mol. The number of nitrogens with zero attached hydrogens (tertiary/aromatic N) is 2. The third kappa shape index (κ3) is 6.22. The van der Waals surface area contributed by atoms with Gasteiger partial charge in [0.15, 0.2) is 0 Å². The van der Waals surface area contributed by atoms with Gasteiger partial charge in [-0.25, -0.2) is 0 Å². The van der Waals surface area contributed by atoms with E-state index in [0.29, 0.717) is 6.42 Å². The maximum absolute atomic E-state index is 8.40. The molecule has 0 atom stereocenters. The zero-order valence-electron chi connectivity index (χ0n) is 8.95. The predicted octanol–water partition coefficient (Wildman–Crippen LogP) is 3.04. The van der Waals surface area contributed by atoms with Crippen molar-refractivity contribution < 1.29 is 0 Å². The summed E-state index contributed by atoms with van der Waals surface area (Å²) in [6, 6.07) is 2.13. The van der Waals surface area contributed by atoms with Gasteiger partial charge in [0.2, 0.25) is 0 Å². The molecule has 0 rings (SSSR count). The van der Waals surface area contributed by atoms with Crippen LogP contribution in [0.2, 0.25) is 0 Å². The minimum Gasteiger partial charge on any atom is -0.358 e. The van der Waals surface area contributed by atoms with Crippen LogP contribution in [0.25, 0.3) is 0 Å². The van der Waals surface area contributed by atoms with Gasteiger partial charge in [-0.05, 0) is 12.8 Å². The molecule has 0 radical (unpaired) electrons. The fourth-order valence-corrected chi connectivity index (χ4v) is 2.28. The number of nitriles is 1. The van der Waals surface area contributed by atoms with E-state index >= 15 is 0 Å². The highest BCUT2D eigenvalue weighted by Crippen LogP contribution is 2.11. The lowest BCUT2D eigenvalue weighted by atomic mass is 10.4. The summed E-state index contributed by atoms with van der Waals surface area (Å²) in [6.45, 7) is 6.38. The molecule has 0 amide bonds. The van der Waals surface area contributed by atoms with E-state index in [9.17, 15) is 0 Å². The van der Waals surface area contributed by atoms with Gasteiger partial charge in [0.05, 0.1) is 6.07 Å². The molecule has 0 bridgehead atoms. The van der Waals surface area contributed by atoms with Crippen LogP contribution in [0, 0.1) is 11.3 Å². The summed E-state index contributed by atoms with van der Waals surface area (Å²) < 4.78 is 0.948. The van der Waals surface area contributed by atoms with Crippen molar-refractivity contribution in [3.63, 3.8) is 0 Å². The normalized spacial score (nSPS) is 9.50. The summed E-state index contributed by atoms with van der Waals surface area (Å²) in [7, 11) is 0. The molecule has 14 heavy (non-hydrogen) atoms. The highest BCUT2D eigenvalue weighted by Gasteiger charge is 2.07. The molecular formula is C10H18N2S2. The quantitative estimate of drug-likeness (QED) is 0.518. The minimum absolute atomic E-state index is 0.580. The number of rotatable bonds is 6. The molecule has 0 heterocycles. The lowest BCUT2D eigenvalue weighted by Gasteiger charge is -2.23. The van der Waals surface area contributed by atoms with Crippen molar-refractivity contribution in [2.75, 3.05) is 18.8 Å². The monoisotopic (exact) mass is 230 g/mol. The highest BCUT2D eigenvalue weighted by molar-refractivity contribution is 8.22. The Bertz CT molecular complexity index is 193. The lowest BCUT2D eigenvalue weighted by Crippen LogP contribution is -2.29. The number of hydrogen-bond acceptors (Lipinski definition) is 3. The second kappa shape index (κ2) is 9.29. The van der Waals surface area contributed by atoms with Crippen molar-refractivity contribution in [3.05, 3.63) is 0 Å². The van der Waals surface area contributed by atoms with Crippen molar-refractivity contribution in [3.8, 4) is 6.07 Å². The first-order chi connectivity index (χ1) is 6.76. The van der Waals surface area contributed by atoms with Gasteiger partial charge in [-0.2, -0.15) is 5.26 Å². The minimum atomic E-state index is 0.580. The summed E-state index contributed by atoms with van der Waals surface area (Å²) in [5.74, 6) is 0.819. The number of hydrogen-bond donors (Lipinski definition) is 0. The van der Waals surface area contributed by atoms with E-state index in [-0.39, 0.29) is 0 Å². The maximum Gasteiger partial charge on any atom is 0.136 e. The van der Waals surface area contributed by atoms with Crippen molar-refractivity contribution in [2.45, 2.75) is 33.1 Å². The Morgan fingerprint density at radius 3 is 2.36 bits per heavy atom. The molecule has 0 aliphatic rings. The predicted molar refractivity (Wildman–Crippen MR) is 67.4 cm³/mol. The first-order valence-electron chi connectivity index (χ1n) is 5.04. The first kappa shape index (κ1) is 13.7. The molecule has 0 aromatic heterocycles. The molecule has 4 heteroatoms. The van der Waals surface area contributed by atoms with Crippen LogP contribution < -0.4 is 0 Å². The van der Waals surface area contributed by atoms with Crippen LogP contribution >= 0.6 is 24.0 Å². The highest BCUT2D eigenvalue weighted by atomic mass is 32.2. The molecule has 80 valence electrons. The van der Waals surface area contributed by atoms with E-state index in [0.717, 1.165) is 36.0 Å². The zero-order chi connectivity index (χ0) is 10.8. The Balaban J connectivity index is 3.83. The van der Waals surface area contributed by atoms with Crippen LogP contribution in [-0.4, -0.2) is 28.1 Å². The molecule has 0 aliphatic heterocycles. The van der Waals surface area contributed by atoms with Gasteiger partial charge in [0.25, 0.3) is 0 Å². The van der Waals surface area contributed by atoms with Crippen LogP contribution in [0.1, 0.15) is 33.1 Å². The molecular weight excluding hydrogens is 212 g/mol. The molecule has 0 aromatic carbocycles. The van der Waals surface area contributed by atoms with Crippen LogP contribution in [0.15, 0.2) is 0 Å². The topological polar surface area (TPSA) is 27.0 Å². The Kier molecular flexibility index (Phi) is 9.11. The fourth-order valence-electron chi connectivity index (χ4n) is 1.11. The Labute approximate surface area is 96.7 Å². The SMILES string of the molecule is CCCN(CCC)C(=S)SCCC#N. The molecule has 2 nitrogen and oxygen atoms in total. The van der Waals surface area contributed by atoms with Gasteiger partial charge in [-0.3, -0.25) is 0 Å². The average Bonchev–Trinajstić information content (AvgIpc) is 2.18. The van der Waals surface area contributed by atoms with Crippen LogP contribution in [0.5, 0.6) is 0 Å². The first-order valence-corrected chi connectivity index (χ1v) is 6.44. The van der Waals surface area contributed by atoms with Crippen LogP contribution in [0.3, 0.4) is 0 Å². The largest absolute Gasteiger partial charge is 0.358 e.